The van der Waals surface area contributed by atoms with E-state index in [2.05, 4.69) is 10.1 Å². The van der Waals surface area contributed by atoms with Crippen molar-refractivity contribution in [3.05, 3.63) is 4.80 Å². The predicted molar refractivity (Wildman–Crippen MR) is 61.3 cm³/mol. The van der Waals surface area contributed by atoms with Gasteiger partial charge in [-0.1, -0.05) is 11.3 Å². The second-order valence-corrected chi connectivity index (χ2v) is 6.55. The predicted octanol–water partition coefficient (Wildman–Crippen LogP) is -0.544. The van der Waals surface area contributed by atoms with Gasteiger partial charge in [0, 0.05) is 20.4 Å². The third-order valence-electron chi connectivity index (χ3n) is 1.61. The summed E-state index contributed by atoms with van der Waals surface area (Å²) in [6, 6.07) is -0.714. The van der Waals surface area contributed by atoms with Crippen LogP contribution < -0.4 is 4.80 Å². The van der Waals surface area contributed by atoms with Gasteiger partial charge >= 0.3 is 12.1 Å². The van der Waals surface area contributed by atoms with Crippen molar-refractivity contribution in [1.29, 1.82) is 0 Å². The second-order valence-electron chi connectivity index (χ2n) is 3.41. The smallest absolute Gasteiger partial charge is 0.434 e. The molecule has 18 heavy (non-hydrogen) atoms. The average Bonchev–Trinajstić information content (AvgIpc) is 2.60. The van der Waals surface area contributed by atoms with Crippen LogP contribution in [0.3, 0.4) is 0 Å². The summed E-state index contributed by atoms with van der Waals surface area (Å²) in [4.78, 5) is 26.4. The van der Waals surface area contributed by atoms with Crippen molar-refractivity contribution < 1.29 is 23.1 Å². The quantitative estimate of drug-likeness (QED) is 0.742. The molecule has 100 valence electrons. The van der Waals surface area contributed by atoms with Gasteiger partial charge in [-0.3, -0.25) is 0 Å². The SMILES string of the molecule is CN(C)C(=O)N=c1sc(S(C)(=O)=O)nn1C(=O)O. The van der Waals surface area contributed by atoms with E-state index in [0.717, 1.165) is 11.2 Å². The van der Waals surface area contributed by atoms with Gasteiger partial charge in [-0.25, -0.2) is 18.0 Å². The first-order chi connectivity index (χ1) is 8.12. The Bertz CT molecular complexity index is 654. The van der Waals surface area contributed by atoms with Crippen LogP contribution in [-0.2, 0) is 9.84 Å². The molecule has 0 spiro atoms. The van der Waals surface area contributed by atoms with Gasteiger partial charge in [0.05, 0.1) is 0 Å². The Morgan fingerprint density at radius 3 is 2.39 bits per heavy atom. The van der Waals surface area contributed by atoms with Crippen LogP contribution in [-0.4, -0.2) is 60.7 Å². The molecule has 1 aromatic rings. The van der Waals surface area contributed by atoms with Gasteiger partial charge in [0.25, 0.3) is 0 Å². The molecule has 0 aliphatic rings. The van der Waals surface area contributed by atoms with Crippen molar-refractivity contribution >= 4 is 33.3 Å². The molecule has 0 fully saturated rings. The molecule has 0 aliphatic carbocycles. The zero-order chi connectivity index (χ0) is 14.1. The van der Waals surface area contributed by atoms with Crippen molar-refractivity contribution in [1.82, 2.24) is 14.7 Å². The molecule has 0 bridgehead atoms. The normalized spacial score (nSPS) is 12.5. The van der Waals surface area contributed by atoms with Crippen LogP contribution in [0.25, 0.3) is 0 Å². The summed E-state index contributed by atoms with van der Waals surface area (Å²) in [7, 11) is -0.804. The van der Waals surface area contributed by atoms with Gasteiger partial charge in [0.15, 0.2) is 0 Å². The Balaban J connectivity index is 3.49. The standard InChI is InChI=1S/C7H10N4O5S2/c1-10(2)4(12)8-5-11(7(13)14)9-6(17-5)18(3,15)16/h1-3H3,(H,13,14). The van der Waals surface area contributed by atoms with Crippen LogP contribution in [0.15, 0.2) is 9.33 Å². The Kier molecular flexibility index (Phi) is 3.86. The van der Waals surface area contributed by atoms with Gasteiger partial charge < -0.3 is 10.0 Å². The highest BCUT2D eigenvalue weighted by atomic mass is 32.2. The van der Waals surface area contributed by atoms with Gasteiger partial charge in [-0.2, -0.15) is 4.99 Å². The monoisotopic (exact) mass is 294 g/mol. The summed E-state index contributed by atoms with van der Waals surface area (Å²) in [6.07, 6.45) is -0.637. The lowest BCUT2D eigenvalue weighted by atomic mass is 10.8. The number of aromatic nitrogens is 2. The molecule has 0 radical (unpaired) electrons. The zero-order valence-electron chi connectivity index (χ0n) is 9.69. The molecular formula is C7H10N4O5S2. The van der Waals surface area contributed by atoms with Gasteiger partial charge in [-0.15, -0.1) is 9.78 Å². The minimum Gasteiger partial charge on any atom is -0.463 e. The van der Waals surface area contributed by atoms with Gasteiger partial charge in [-0.05, 0) is 0 Å². The van der Waals surface area contributed by atoms with E-state index in [0.29, 0.717) is 16.0 Å². The molecule has 0 atom stereocenters. The van der Waals surface area contributed by atoms with E-state index in [1.165, 1.54) is 14.1 Å². The van der Waals surface area contributed by atoms with Crippen molar-refractivity contribution in [3.8, 4) is 0 Å². The van der Waals surface area contributed by atoms with Crippen LogP contribution in [0.5, 0.6) is 0 Å². The molecule has 0 saturated carbocycles. The minimum atomic E-state index is -3.66. The lowest BCUT2D eigenvalue weighted by Gasteiger charge is -2.03. The largest absolute Gasteiger partial charge is 0.463 e. The topological polar surface area (TPSA) is 122 Å². The van der Waals surface area contributed by atoms with Gasteiger partial charge in [0.1, 0.15) is 0 Å². The number of carbonyl (C=O) groups excluding carboxylic acids is 1. The van der Waals surface area contributed by atoms with E-state index in [1.54, 1.807) is 0 Å². The molecule has 9 nitrogen and oxygen atoms in total. The van der Waals surface area contributed by atoms with E-state index in [9.17, 15) is 18.0 Å². The first-order valence-electron chi connectivity index (χ1n) is 4.42. The first-order valence-corrected chi connectivity index (χ1v) is 7.13. The first kappa shape index (κ1) is 14.3. The molecule has 0 aliphatic heterocycles. The molecule has 0 unspecified atom stereocenters. The number of rotatable bonds is 1. The number of hydrogen-bond acceptors (Lipinski definition) is 6. The van der Waals surface area contributed by atoms with Crippen LogP contribution in [0, 0.1) is 0 Å². The Morgan fingerprint density at radius 1 is 1.44 bits per heavy atom. The second kappa shape index (κ2) is 4.86. The molecule has 1 aromatic heterocycles. The highest BCUT2D eigenvalue weighted by Gasteiger charge is 2.18. The Morgan fingerprint density at radius 2 is 2.00 bits per heavy atom. The molecule has 0 saturated heterocycles. The Hall–Kier alpha value is -1.75. The number of carboxylic acid groups (broad SMARTS) is 1. The van der Waals surface area contributed by atoms with Crippen LogP contribution in [0.4, 0.5) is 9.59 Å². The maximum atomic E-state index is 11.3. The lowest BCUT2D eigenvalue weighted by molar-refractivity contribution is 0.191. The Labute approximate surface area is 106 Å². The number of urea groups is 1. The molecule has 1 heterocycles. The van der Waals surface area contributed by atoms with Crippen molar-refractivity contribution in [3.63, 3.8) is 0 Å². The number of sulfone groups is 1. The van der Waals surface area contributed by atoms with E-state index in [-0.39, 0.29) is 4.80 Å². The highest BCUT2D eigenvalue weighted by molar-refractivity contribution is 7.92. The van der Waals surface area contributed by atoms with Crippen molar-refractivity contribution in [2.75, 3.05) is 20.4 Å². The van der Waals surface area contributed by atoms with Gasteiger partial charge in [0.2, 0.25) is 19.0 Å². The van der Waals surface area contributed by atoms with E-state index in [1.807, 2.05) is 0 Å². The summed E-state index contributed by atoms with van der Waals surface area (Å²) in [5, 5.41) is 12.2. The average molecular weight is 294 g/mol. The molecule has 1 N–H and O–H groups in total. The maximum Gasteiger partial charge on any atom is 0.434 e. The third-order valence-corrected chi connectivity index (χ3v) is 4.19. The third kappa shape index (κ3) is 3.13. The lowest BCUT2D eigenvalue weighted by Crippen LogP contribution is -2.27. The van der Waals surface area contributed by atoms with E-state index >= 15 is 0 Å². The molecule has 1 rings (SSSR count). The summed E-state index contributed by atoms with van der Waals surface area (Å²) in [6.45, 7) is 0. The molecule has 2 amide bonds. The summed E-state index contributed by atoms with van der Waals surface area (Å²) in [5.41, 5.74) is 0. The maximum absolute atomic E-state index is 11.3. The summed E-state index contributed by atoms with van der Waals surface area (Å²) in [5.74, 6) is 0. The van der Waals surface area contributed by atoms with Crippen molar-refractivity contribution in [2.24, 2.45) is 4.99 Å². The molecular weight excluding hydrogens is 284 g/mol. The van der Waals surface area contributed by atoms with E-state index in [4.69, 9.17) is 5.11 Å². The summed E-state index contributed by atoms with van der Waals surface area (Å²) < 4.78 is 22.4. The highest BCUT2D eigenvalue weighted by Crippen LogP contribution is 2.07. The van der Waals surface area contributed by atoms with Crippen LogP contribution >= 0.6 is 11.3 Å². The fourth-order valence-electron chi connectivity index (χ4n) is 0.793. The van der Waals surface area contributed by atoms with Crippen LogP contribution in [0.1, 0.15) is 0 Å². The fraction of sp³-hybridized carbons (Fsp3) is 0.429. The molecule has 0 aromatic carbocycles. The summed E-state index contributed by atoms with van der Waals surface area (Å²) >= 11 is 0.509. The number of carbonyl (C=O) groups is 2. The fourth-order valence-corrected chi connectivity index (χ4v) is 2.46. The number of hydrogen-bond donors (Lipinski definition) is 1. The van der Waals surface area contributed by atoms with E-state index < -0.39 is 26.3 Å². The minimum absolute atomic E-state index is 0.318. The number of amides is 2. The molecule has 11 heteroatoms. The number of nitrogens with zero attached hydrogens (tertiary/aromatic N) is 4. The van der Waals surface area contributed by atoms with Crippen molar-refractivity contribution in [2.45, 2.75) is 4.34 Å². The zero-order valence-corrected chi connectivity index (χ0v) is 11.3. The van der Waals surface area contributed by atoms with Crippen LogP contribution in [0.2, 0.25) is 0 Å².